The van der Waals surface area contributed by atoms with E-state index in [1.807, 2.05) is 6.92 Å². The molecule has 0 aliphatic rings. The van der Waals surface area contributed by atoms with Crippen molar-refractivity contribution >= 4 is 5.91 Å². The van der Waals surface area contributed by atoms with E-state index in [0.29, 0.717) is 18.4 Å². The van der Waals surface area contributed by atoms with Gasteiger partial charge < -0.3 is 10.6 Å². The SMILES string of the molecule is CCCC(CN)C(=O)N(Cc1ccccc1)CC(F)(F)F. The van der Waals surface area contributed by atoms with Gasteiger partial charge in [-0.1, -0.05) is 43.7 Å². The summed E-state index contributed by atoms with van der Waals surface area (Å²) in [6.45, 7) is 0.636. The van der Waals surface area contributed by atoms with Crippen LogP contribution in [0.1, 0.15) is 25.3 Å². The lowest BCUT2D eigenvalue weighted by Gasteiger charge is -2.27. The highest BCUT2D eigenvalue weighted by Crippen LogP contribution is 2.21. The van der Waals surface area contributed by atoms with Gasteiger partial charge in [-0.15, -0.1) is 0 Å². The largest absolute Gasteiger partial charge is 0.406 e. The predicted molar refractivity (Wildman–Crippen MR) is 75.4 cm³/mol. The predicted octanol–water partition coefficient (Wildman–Crippen LogP) is 2.95. The Labute approximate surface area is 122 Å². The first-order valence-corrected chi connectivity index (χ1v) is 6.97. The summed E-state index contributed by atoms with van der Waals surface area (Å²) in [5.41, 5.74) is 6.19. The Morgan fingerprint density at radius 1 is 1.29 bits per heavy atom. The van der Waals surface area contributed by atoms with Crippen molar-refractivity contribution < 1.29 is 18.0 Å². The van der Waals surface area contributed by atoms with Gasteiger partial charge in [-0.25, -0.2) is 0 Å². The van der Waals surface area contributed by atoms with Crippen molar-refractivity contribution in [2.45, 2.75) is 32.5 Å². The molecule has 0 aromatic heterocycles. The topological polar surface area (TPSA) is 46.3 Å². The number of benzene rings is 1. The molecule has 2 N–H and O–H groups in total. The molecule has 0 saturated carbocycles. The maximum atomic E-state index is 12.7. The molecule has 0 saturated heterocycles. The number of nitrogens with zero attached hydrogens (tertiary/aromatic N) is 1. The molecule has 1 amide bonds. The molecule has 0 aliphatic heterocycles. The lowest BCUT2D eigenvalue weighted by Crippen LogP contribution is -2.43. The van der Waals surface area contributed by atoms with Crippen LogP contribution in [0.25, 0.3) is 0 Å². The number of rotatable bonds is 7. The number of amides is 1. The molecule has 1 aromatic rings. The Balaban J connectivity index is 2.88. The fourth-order valence-electron chi connectivity index (χ4n) is 2.18. The first-order valence-electron chi connectivity index (χ1n) is 6.97. The highest BCUT2D eigenvalue weighted by Gasteiger charge is 2.34. The number of nitrogens with two attached hydrogens (primary N) is 1. The fraction of sp³-hybridized carbons (Fsp3) is 0.533. The summed E-state index contributed by atoms with van der Waals surface area (Å²) in [5.74, 6) is -1.08. The number of carbonyl (C=O) groups excluding carboxylic acids is 1. The van der Waals surface area contributed by atoms with E-state index in [2.05, 4.69) is 0 Å². The van der Waals surface area contributed by atoms with Crippen molar-refractivity contribution in [3.8, 4) is 0 Å². The van der Waals surface area contributed by atoms with Crippen molar-refractivity contribution in [1.82, 2.24) is 4.90 Å². The minimum absolute atomic E-state index is 0.0562. The van der Waals surface area contributed by atoms with Crippen molar-refractivity contribution in [1.29, 1.82) is 0 Å². The van der Waals surface area contributed by atoms with E-state index in [0.717, 1.165) is 4.90 Å². The zero-order valence-electron chi connectivity index (χ0n) is 12.1. The molecular formula is C15H21F3N2O. The first-order chi connectivity index (χ1) is 9.87. The smallest absolute Gasteiger partial charge is 0.330 e. The summed E-state index contributed by atoms with van der Waals surface area (Å²) in [6, 6.07) is 8.65. The van der Waals surface area contributed by atoms with E-state index < -0.39 is 24.5 Å². The summed E-state index contributed by atoms with van der Waals surface area (Å²) >= 11 is 0. The molecule has 0 spiro atoms. The number of carbonyl (C=O) groups is 1. The third-order valence-electron chi connectivity index (χ3n) is 3.17. The molecular weight excluding hydrogens is 281 g/mol. The molecule has 0 bridgehead atoms. The van der Waals surface area contributed by atoms with Crippen molar-refractivity contribution in [3.63, 3.8) is 0 Å². The summed E-state index contributed by atoms with van der Waals surface area (Å²) < 4.78 is 38.1. The van der Waals surface area contributed by atoms with E-state index in [-0.39, 0.29) is 13.1 Å². The van der Waals surface area contributed by atoms with Crippen LogP contribution in [0, 0.1) is 5.92 Å². The number of hydrogen-bond donors (Lipinski definition) is 1. The van der Waals surface area contributed by atoms with Crippen LogP contribution in [0.5, 0.6) is 0 Å². The molecule has 0 heterocycles. The Morgan fingerprint density at radius 2 is 1.90 bits per heavy atom. The van der Waals surface area contributed by atoms with E-state index in [4.69, 9.17) is 5.73 Å². The highest BCUT2D eigenvalue weighted by molar-refractivity contribution is 5.79. The van der Waals surface area contributed by atoms with Crippen molar-refractivity contribution in [3.05, 3.63) is 35.9 Å². The monoisotopic (exact) mass is 302 g/mol. The molecule has 0 radical (unpaired) electrons. The van der Waals surface area contributed by atoms with Gasteiger partial charge in [-0.3, -0.25) is 4.79 Å². The van der Waals surface area contributed by atoms with E-state index >= 15 is 0 Å². The van der Waals surface area contributed by atoms with Crippen LogP contribution in [0.15, 0.2) is 30.3 Å². The second-order valence-electron chi connectivity index (χ2n) is 5.02. The van der Waals surface area contributed by atoms with Gasteiger partial charge in [0.1, 0.15) is 6.54 Å². The lowest BCUT2D eigenvalue weighted by atomic mass is 10.0. The minimum atomic E-state index is -4.42. The maximum absolute atomic E-state index is 12.7. The van der Waals surface area contributed by atoms with Gasteiger partial charge in [0, 0.05) is 13.1 Å². The summed E-state index contributed by atoms with van der Waals surface area (Å²) in [7, 11) is 0. The average Bonchev–Trinajstić information content (AvgIpc) is 2.43. The lowest BCUT2D eigenvalue weighted by molar-refractivity contribution is -0.165. The second kappa shape index (κ2) is 8.02. The molecule has 118 valence electrons. The van der Waals surface area contributed by atoms with Gasteiger partial charge in [0.05, 0.1) is 5.92 Å². The van der Waals surface area contributed by atoms with Crippen LogP contribution in [-0.2, 0) is 11.3 Å². The minimum Gasteiger partial charge on any atom is -0.330 e. The van der Waals surface area contributed by atoms with Gasteiger partial charge in [-0.05, 0) is 12.0 Å². The molecule has 1 atom stereocenters. The molecule has 0 fully saturated rings. The average molecular weight is 302 g/mol. The number of halogens is 3. The molecule has 6 heteroatoms. The van der Waals surface area contributed by atoms with Gasteiger partial charge in [-0.2, -0.15) is 13.2 Å². The number of alkyl halides is 3. The van der Waals surface area contributed by atoms with Crippen LogP contribution in [0.2, 0.25) is 0 Å². The van der Waals surface area contributed by atoms with Crippen molar-refractivity contribution in [2.24, 2.45) is 11.7 Å². The van der Waals surface area contributed by atoms with Gasteiger partial charge >= 0.3 is 6.18 Å². The summed E-state index contributed by atoms with van der Waals surface area (Å²) in [6.07, 6.45) is -3.22. The molecule has 21 heavy (non-hydrogen) atoms. The van der Waals surface area contributed by atoms with Crippen LogP contribution in [0.4, 0.5) is 13.2 Å². The number of hydrogen-bond acceptors (Lipinski definition) is 2. The summed E-state index contributed by atoms with van der Waals surface area (Å²) in [4.78, 5) is 13.1. The van der Waals surface area contributed by atoms with Gasteiger partial charge in [0.15, 0.2) is 0 Å². The third kappa shape index (κ3) is 6.16. The summed E-state index contributed by atoms with van der Waals surface area (Å²) in [5, 5.41) is 0. The van der Waals surface area contributed by atoms with Gasteiger partial charge in [0.2, 0.25) is 5.91 Å². The zero-order valence-corrected chi connectivity index (χ0v) is 12.1. The fourth-order valence-corrected chi connectivity index (χ4v) is 2.18. The molecule has 0 aliphatic carbocycles. The van der Waals surface area contributed by atoms with Gasteiger partial charge in [0.25, 0.3) is 0 Å². The van der Waals surface area contributed by atoms with E-state index in [1.165, 1.54) is 0 Å². The van der Waals surface area contributed by atoms with E-state index in [9.17, 15) is 18.0 Å². The normalized spacial score (nSPS) is 13.0. The Kier molecular flexibility index (Phi) is 6.68. The quantitative estimate of drug-likeness (QED) is 0.841. The molecule has 1 unspecified atom stereocenters. The van der Waals surface area contributed by atoms with Crippen LogP contribution in [0.3, 0.4) is 0 Å². The Morgan fingerprint density at radius 3 is 2.38 bits per heavy atom. The maximum Gasteiger partial charge on any atom is 0.406 e. The Hall–Kier alpha value is -1.56. The van der Waals surface area contributed by atoms with Crippen LogP contribution < -0.4 is 5.73 Å². The molecule has 1 aromatic carbocycles. The molecule has 3 nitrogen and oxygen atoms in total. The first kappa shape index (κ1) is 17.5. The Bertz CT molecular complexity index is 434. The van der Waals surface area contributed by atoms with Crippen LogP contribution in [-0.4, -0.2) is 30.1 Å². The standard InChI is InChI=1S/C15H21F3N2O/c1-2-6-13(9-19)14(21)20(11-15(16,17)18)10-12-7-4-3-5-8-12/h3-5,7-8,13H,2,6,9-11,19H2,1H3. The molecule has 1 rings (SSSR count). The second-order valence-corrected chi connectivity index (χ2v) is 5.02. The third-order valence-corrected chi connectivity index (χ3v) is 3.17. The highest BCUT2D eigenvalue weighted by atomic mass is 19.4. The van der Waals surface area contributed by atoms with Crippen molar-refractivity contribution in [2.75, 3.05) is 13.1 Å². The van der Waals surface area contributed by atoms with E-state index in [1.54, 1.807) is 30.3 Å². The zero-order chi connectivity index (χ0) is 15.9. The van der Waals surface area contributed by atoms with Crippen LogP contribution >= 0.6 is 0 Å².